The van der Waals surface area contributed by atoms with E-state index in [1.54, 1.807) is 11.9 Å². The van der Waals surface area contributed by atoms with Crippen molar-refractivity contribution in [2.24, 2.45) is 0 Å². The van der Waals surface area contributed by atoms with Crippen molar-refractivity contribution in [1.29, 1.82) is 0 Å². The molecule has 1 aliphatic carbocycles. The fourth-order valence-electron chi connectivity index (χ4n) is 3.79. The number of aryl methyl sites for hydroxylation is 1. The molecule has 25 heavy (non-hydrogen) atoms. The Balaban J connectivity index is 1.66. The minimum absolute atomic E-state index is 0.0268. The van der Waals surface area contributed by atoms with Crippen molar-refractivity contribution in [3.63, 3.8) is 0 Å². The van der Waals surface area contributed by atoms with E-state index in [1.165, 1.54) is 5.56 Å². The molecule has 2 aliphatic rings. The molecule has 0 aromatic heterocycles. The molecule has 1 saturated carbocycles. The summed E-state index contributed by atoms with van der Waals surface area (Å²) in [6, 6.07) is 8.13. The van der Waals surface area contributed by atoms with Gasteiger partial charge in [-0.2, -0.15) is 0 Å². The first-order chi connectivity index (χ1) is 11.9. The second-order valence-corrected chi connectivity index (χ2v) is 7.23. The second-order valence-electron chi connectivity index (χ2n) is 7.23. The number of carbonyl (C=O) groups excluding carboxylic acids is 1. The summed E-state index contributed by atoms with van der Waals surface area (Å²) in [6.07, 6.45) is 1.66. The molecule has 136 valence electrons. The number of amides is 1. The number of benzene rings is 1. The molecule has 1 aliphatic heterocycles. The molecule has 1 aromatic rings. The zero-order valence-corrected chi connectivity index (χ0v) is 14.9. The molecule has 6 heteroatoms. The normalized spacial score (nSPS) is 22.0. The number of hydrogen-bond donors (Lipinski definition) is 1. The van der Waals surface area contributed by atoms with Crippen LogP contribution in [-0.2, 0) is 19.7 Å². The molecule has 6 nitrogen and oxygen atoms in total. The van der Waals surface area contributed by atoms with E-state index in [1.807, 2.05) is 17.0 Å². The van der Waals surface area contributed by atoms with Gasteiger partial charge >= 0.3 is 5.97 Å². The number of likely N-dealkylation sites (N-methyl/N-ethyl adjacent to an activating group) is 1. The number of morpholine rings is 1. The number of nitrogens with zero attached hydrogens (tertiary/aromatic N) is 2. The summed E-state index contributed by atoms with van der Waals surface area (Å²) in [6.45, 7) is 4.17. The van der Waals surface area contributed by atoms with Crippen LogP contribution in [0.2, 0.25) is 0 Å². The van der Waals surface area contributed by atoms with Crippen LogP contribution in [0.5, 0.6) is 0 Å². The van der Waals surface area contributed by atoms with Gasteiger partial charge in [-0.15, -0.1) is 0 Å². The maximum atomic E-state index is 13.2. The van der Waals surface area contributed by atoms with Crippen molar-refractivity contribution in [3.8, 4) is 0 Å². The van der Waals surface area contributed by atoms with Crippen molar-refractivity contribution in [2.75, 3.05) is 39.8 Å². The molecule has 1 saturated heterocycles. The minimum Gasteiger partial charge on any atom is -0.480 e. The quantitative estimate of drug-likeness (QED) is 0.840. The Labute approximate surface area is 148 Å². The average Bonchev–Trinajstić information content (AvgIpc) is 3.35. The summed E-state index contributed by atoms with van der Waals surface area (Å²) in [5.41, 5.74) is 1.95. The van der Waals surface area contributed by atoms with E-state index in [9.17, 15) is 9.59 Å². The molecule has 2 fully saturated rings. The van der Waals surface area contributed by atoms with E-state index >= 15 is 0 Å². The standard InChI is InChI=1S/C19H26N2O4/c1-14-5-3-4-6-16(14)19(7-8-19)18(24)21-9-10-25-15(12-21)11-20(2)13-17(22)23/h3-6,15H,7-13H2,1-2H3,(H,22,23). The highest BCUT2D eigenvalue weighted by Crippen LogP contribution is 2.50. The van der Waals surface area contributed by atoms with Crippen molar-refractivity contribution in [3.05, 3.63) is 35.4 Å². The number of ether oxygens (including phenoxy) is 1. The van der Waals surface area contributed by atoms with Gasteiger partial charge in [0, 0.05) is 19.6 Å². The van der Waals surface area contributed by atoms with Gasteiger partial charge in [-0.05, 0) is 37.9 Å². The Morgan fingerprint density at radius 3 is 2.72 bits per heavy atom. The Kier molecular flexibility index (Phi) is 5.11. The number of rotatable bonds is 6. The van der Waals surface area contributed by atoms with Gasteiger partial charge in [0.25, 0.3) is 0 Å². The molecule has 1 heterocycles. The molecular weight excluding hydrogens is 320 g/mol. The number of carboxylic acids is 1. The topological polar surface area (TPSA) is 70.1 Å². The van der Waals surface area contributed by atoms with E-state index in [4.69, 9.17) is 9.84 Å². The Hall–Kier alpha value is -1.92. The number of carboxylic acid groups (broad SMARTS) is 1. The van der Waals surface area contributed by atoms with Gasteiger partial charge in [-0.1, -0.05) is 24.3 Å². The lowest BCUT2D eigenvalue weighted by atomic mass is 9.90. The monoisotopic (exact) mass is 346 g/mol. The molecule has 0 bridgehead atoms. The van der Waals surface area contributed by atoms with Crippen molar-refractivity contribution >= 4 is 11.9 Å². The van der Waals surface area contributed by atoms with Gasteiger partial charge in [-0.3, -0.25) is 14.5 Å². The first kappa shape index (κ1) is 17.9. The van der Waals surface area contributed by atoms with Gasteiger partial charge in [0.05, 0.1) is 24.7 Å². The lowest BCUT2D eigenvalue weighted by Crippen LogP contribution is -2.52. The van der Waals surface area contributed by atoms with Crippen molar-refractivity contribution < 1.29 is 19.4 Å². The molecule has 1 aromatic carbocycles. The van der Waals surface area contributed by atoms with E-state index in [0.717, 1.165) is 18.4 Å². The van der Waals surface area contributed by atoms with Crippen LogP contribution in [0, 0.1) is 6.92 Å². The average molecular weight is 346 g/mol. The van der Waals surface area contributed by atoms with Crippen molar-refractivity contribution in [2.45, 2.75) is 31.3 Å². The zero-order valence-electron chi connectivity index (χ0n) is 14.9. The Morgan fingerprint density at radius 2 is 2.08 bits per heavy atom. The molecule has 0 spiro atoms. The highest BCUT2D eigenvalue weighted by Gasteiger charge is 2.54. The van der Waals surface area contributed by atoms with Crippen LogP contribution in [0.25, 0.3) is 0 Å². The van der Waals surface area contributed by atoms with E-state index in [0.29, 0.717) is 26.2 Å². The summed E-state index contributed by atoms with van der Waals surface area (Å²) < 4.78 is 5.74. The van der Waals surface area contributed by atoms with Crippen LogP contribution in [0.15, 0.2) is 24.3 Å². The summed E-state index contributed by atoms with van der Waals surface area (Å²) in [5, 5.41) is 8.87. The van der Waals surface area contributed by atoms with Crippen LogP contribution in [-0.4, -0.2) is 72.7 Å². The van der Waals surface area contributed by atoms with Gasteiger partial charge < -0.3 is 14.7 Å². The number of hydrogen-bond acceptors (Lipinski definition) is 4. The molecular formula is C19H26N2O4. The molecule has 3 rings (SSSR count). The van der Waals surface area contributed by atoms with Gasteiger partial charge in [0.2, 0.25) is 5.91 Å². The maximum Gasteiger partial charge on any atom is 0.317 e. The Morgan fingerprint density at radius 1 is 1.36 bits per heavy atom. The van der Waals surface area contributed by atoms with E-state index < -0.39 is 5.97 Å². The largest absolute Gasteiger partial charge is 0.480 e. The molecule has 1 N–H and O–H groups in total. The fraction of sp³-hybridized carbons (Fsp3) is 0.579. The van der Waals surface area contributed by atoms with Crippen LogP contribution < -0.4 is 0 Å². The van der Waals surface area contributed by atoms with E-state index in [2.05, 4.69) is 19.1 Å². The summed E-state index contributed by atoms with van der Waals surface area (Å²) in [5.74, 6) is -0.668. The smallest absolute Gasteiger partial charge is 0.317 e. The molecule has 0 radical (unpaired) electrons. The lowest BCUT2D eigenvalue weighted by Gasteiger charge is -2.36. The second kappa shape index (κ2) is 7.14. The van der Waals surface area contributed by atoms with Gasteiger partial charge in [0.1, 0.15) is 0 Å². The molecule has 1 atom stereocenters. The fourth-order valence-corrected chi connectivity index (χ4v) is 3.79. The minimum atomic E-state index is -0.859. The van der Waals surface area contributed by atoms with Gasteiger partial charge in [-0.25, -0.2) is 0 Å². The highest BCUT2D eigenvalue weighted by molar-refractivity contribution is 5.91. The molecule has 1 amide bonds. The SMILES string of the molecule is Cc1ccccc1C1(C(=O)N2CCOC(CN(C)CC(=O)O)C2)CC1. The van der Waals surface area contributed by atoms with Crippen LogP contribution >= 0.6 is 0 Å². The first-order valence-corrected chi connectivity index (χ1v) is 8.80. The zero-order chi connectivity index (χ0) is 18.0. The predicted octanol–water partition coefficient (Wildman–Crippen LogP) is 1.27. The number of aliphatic carboxylic acids is 1. The lowest BCUT2D eigenvalue weighted by molar-refractivity contribution is -0.144. The Bertz CT molecular complexity index is 657. The van der Waals surface area contributed by atoms with Gasteiger partial charge in [0.15, 0.2) is 0 Å². The van der Waals surface area contributed by atoms with Crippen LogP contribution in [0.1, 0.15) is 24.0 Å². The third-order valence-corrected chi connectivity index (χ3v) is 5.17. The summed E-state index contributed by atoms with van der Waals surface area (Å²) in [4.78, 5) is 27.6. The third-order valence-electron chi connectivity index (χ3n) is 5.17. The van der Waals surface area contributed by atoms with Crippen LogP contribution in [0.3, 0.4) is 0 Å². The van der Waals surface area contributed by atoms with Crippen LogP contribution in [0.4, 0.5) is 0 Å². The summed E-state index contributed by atoms with van der Waals surface area (Å²) in [7, 11) is 1.76. The highest BCUT2D eigenvalue weighted by atomic mass is 16.5. The third kappa shape index (κ3) is 3.85. The van der Waals surface area contributed by atoms with E-state index in [-0.39, 0.29) is 24.0 Å². The number of carbonyl (C=O) groups is 2. The maximum absolute atomic E-state index is 13.2. The summed E-state index contributed by atoms with van der Waals surface area (Å²) >= 11 is 0. The molecule has 1 unspecified atom stereocenters. The van der Waals surface area contributed by atoms with Crippen molar-refractivity contribution in [1.82, 2.24) is 9.80 Å². The predicted molar refractivity (Wildman–Crippen MR) is 93.5 cm³/mol. The first-order valence-electron chi connectivity index (χ1n) is 8.80.